The summed E-state index contributed by atoms with van der Waals surface area (Å²) in [5.74, 6) is -0.0550. The molecule has 1 aliphatic rings. The number of carbonyl (C=O) groups excluding carboxylic acids is 2. The molecule has 2 heteroatoms. The molecular formula is C10H12O2. The van der Waals surface area contributed by atoms with Gasteiger partial charge in [-0.1, -0.05) is 12.7 Å². The molecule has 0 aromatic rings. The van der Waals surface area contributed by atoms with Crippen LogP contribution in [0.2, 0.25) is 0 Å². The molecule has 0 bridgehead atoms. The van der Waals surface area contributed by atoms with Gasteiger partial charge in [-0.3, -0.25) is 9.59 Å². The average Bonchev–Trinajstić information content (AvgIpc) is 2.09. The highest BCUT2D eigenvalue weighted by Crippen LogP contribution is 2.18. The molecule has 0 radical (unpaired) electrons. The van der Waals surface area contributed by atoms with Crippen LogP contribution in [0, 0.1) is 5.92 Å². The Balaban J connectivity index is 2.52. The lowest BCUT2D eigenvalue weighted by Crippen LogP contribution is -2.18. The number of hydrogen-bond acceptors (Lipinski definition) is 2. The maximum absolute atomic E-state index is 11.2. The molecule has 1 unspecified atom stereocenters. The summed E-state index contributed by atoms with van der Waals surface area (Å²) in [7, 11) is 0. The highest BCUT2D eigenvalue weighted by Gasteiger charge is 2.20. The number of rotatable bonds is 3. The van der Waals surface area contributed by atoms with E-state index in [0.29, 0.717) is 6.42 Å². The van der Waals surface area contributed by atoms with Crippen molar-refractivity contribution in [2.45, 2.75) is 19.3 Å². The minimum absolute atomic E-state index is 0.0383. The fraction of sp³-hybridized carbons (Fsp3) is 0.400. The van der Waals surface area contributed by atoms with Crippen molar-refractivity contribution in [1.82, 2.24) is 0 Å². The Morgan fingerprint density at radius 2 is 2.50 bits per heavy atom. The molecule has 0 heterocycles. The molecule has 1 rings (SSSR count). The van der Waals surface area contributed by atoms with E-state index in [4.69, 9.17) is 0 Å². The first-order chi connectivity index (χ1) is 5.74. The van der Waals surface area contributed by atoms with Gasteiger partial charge in [0.1, 0.15) is 0 Å². The summed E-state index contributed by atoms with van der Waals surface area (Å²) >= 11 is 0. The quantitative estimate of drug-likeness (QED) is 0.594. The van der Waals surface area contributed by atoms with Crippen LogP contribution in [0.4, 0.5) is 0 Å². The van der Waals surface area contributed by atoms with Crippen molar-refractivity contribution in [1.29, 1.82) is 0 Å². The molecule has 0 saturated carbocycles. The highest BCUT2D eigenvalue weighted by atomic mass is 16.1. The Kier molecular flexibility index (Phi) is 2.97. The number of allylic oxidation sites excluding steroid dienone is 3. The van der Waals surface area contributed by atoms with Gasteiger partial charge in [0.15, 0.2) is 11.6 Å². The van der Waals surface area contributed by atoms with Gasteiger partial charge in [0.05, 0.1) is 0 Å². The van der Waals surface area contributed by atoms with Crippen molar-refractivity contribution in [3.8, 4) is 0 Å². The Bertz CT molecular complexity index is 238. The summed E-state index contributed by atoms with van der Waals surface area (Å²) in [5, 5.41) is 0. The molecule has 12 heavy (non-hydrogen) atoms. The second kappa shape index (κ2) is 4.00. The molecule has 2 nitrogen and oxygen atoms in total. The van der Waals surface area contributed by atoms with Crippen LogP contribution in [0.5, 0.6) is 0 Å². The molecule has 0 amide bonds. The molecule has 0 aliphatic heterocycles. The van der Waals surface area contributed by atoms with Crippen molar-refractivity contribution >= 4 is 11.6 Å². The monoisotopic (exact) mass is 164 g/mol. The van der Waals surface area contributed by atoms with Gasteiger partial charge in [-0.15, -0.1) is 0 Å². The zero-order valence-electron chi connectivity index (χ0n) is 6.95. The zero-order valence-corrected chi connectivity index (χ0v) is 6.95. The molecule has 1 aliphatic carbocycles. The zero-order chi connectivity index (χ0) is 8.97. The van der Waals surface area contributed by atoms with E-state index in [1.165, 1.54) is 6.08 Å². The van der Waals surface area contributed by atoms with Gasteiger partial charge >= 0.3 is 0 Å². The summed E-state index contributed by atoms with van der Waals surface area (Å²) in [6, 6.07) is 0. The van der Waals surface area contributed by atoms with Gasteiger partial charge in [0, 0.05) is 12.3 Å². The van der Waals surface area contributed by atoms with Gasteiger partial charge in [-0.05, 0) is 25.0 Å². The van der Waals surface area contributed by atoms with Crippen molar-refractivity contribution in [2.75, 3.05) is 0 Å². The second-order valence-electron chi connectivity index (χ2n) is 2.95. The van der Waals surface area contributed by atoms with Crippen LogP contribution in [0.25, 0.3) is 0 Å². The van der Waals surface area contributed by atoms with E-state index in [9.17, 15) is 9.59 Å². The van der Waals surface area contributed by atoms with Crippen LogP contribution in [0.15, 0.2) is 24.8 Å². The van der Waals surface area contributed by atoms with E-state index in [1.807, 2.05) is 6.08 Å². The van der Waals surface area contributed by atoms with Gasteiger partial charge in [0.2, 0.25) is 0 Å². The summed E-state index contributed by atoms with van der Waals surface area (Å²) in [6.45, 7) is 3.37. The third-order valence-electron chi connectivity index (χ3n) is 2.04. The Morgan fingerprint density at radius 3 is 3.08 bits per heavy atom. The van der Waals surface area contributed by atoms with Crippen LogP contribution >= 0.6 is 0 Å². The standard InChI is InChI=1S/C10H12O2/c1-2-9(11)7-8-5-3-4-6-10(8)12/h2,4,6,8H,1,3,5,7H2. The van der Waals surface area contributed by atoms with Gasteiger partial charge < -0.3 is 0 Å². The SMILES string of the molecule is C=CC(=O)CC1CCC=CC1=O. The molecule has 0 N–H and O–H groups in total. The van der Waals surface area contributed by atoms with E-state index in [0.717, 1.165) is 12.8 Å². The predicted octanol–water partition coefficient (Wildman–Crippen LogP) is 1.67. The number of carbonyl (C=O) groups is 2. The maximum atomic E-state index is 11.2. The van der Waals surface area contributed by atoms with Crippen LogP contribution in [-0.4, -0.2) is 11.6 Å². The first-order valence-corrected chi connectivity index (χ1v) is 4.09. The summed E-state index contributed by atoms with van der Waals surface area (Å²) in [5.41, 5.74) is 0. The molecule has 0 spiro atoms. The van der Waals surface area contributed by atoms with Crippen molar-refractivity contribution in [2.24, 2.45) is 5.92 Å². The molecule has 0 fully saturated rings. The predicted molar refractivity (Wildman–Crippen MR) is 46.7 cm³/mol. The Labute approximate surface area is 72.0 Å². The minimum atomic E-state index is -0.0968. The van der Waals surface area contributed by atoms with Crippen LogP contribution in [0.1, 0.15) is 19.3 Å². The first-order valence-electron chi connectivity index (χ1n) is 4.09. The lowest BCUT2D eigenvalue weighted by molar-refractivity contribution is -0.123. The van der Waals surface area contributed by atoms with Crippen molar-refractivity contribution < 1.29 is 9.59 Å². The van der Waals surface area contributed by atoms with E-state index >= 15 is 0 Å². The molecule has 1 atom stereocenters. The van der Waals surface area contributed by atoms with Crippen LogP contribution in [-0.2, 0) is 9.59 Å². The van der Waals surface area contributed by atoms with Gasteiger partial charge in [-0.25, -0.2) is 0 Å². The van der Waals surface area contributed by atoms with Crippen LogP contribution < -0.4 is 0 Å². The molecule has 0 saturated heterocycles. The van der Waals surface area contributed by atoms with E-state index in [1.54, 1.807) is 6.08 Å². The normalized spacial score (nSPS) is 22.3. The maximum Gasteiger partial charge on any atom is 0.158 e. The third-order valence-corrected chi connectivity index (χ3v) is 2.04. The lowest BCUT2D eigenvalue weighted by Gasteiger charge is -2.14. The number of hydrogen-bond donors (Lipinski definition) is 0. The smallest absolute Gasteiger partial charge is 0.158 e. The first kappa shape index (κ1) is 8.91. The van der Waals surface area contributed by atoms with E-state index < -0.39 is 0 Å². The van der Waals surface area contributed by atoms with Crippen molar-refractivity contribution in [3.63, 3.8) is 0 Å². The minimum Gasteiger partial charge on any atom is -0.295 e. The molecule has 64 valence electrons. The highest BCUT2D eigenvalue weighted by molar-refractivity contribution is 5.98. The fourth-order valence-electron chi connectivity index (χ4n) is 1.30. The Hall–Kier alpha value is -1.18. The van der Waals surface area contributed by atoms with E-state index in [-0.39, 0.29) is 17.5 Å². The molecule has 0 aromatic heterocycles. The topological polar surface area (TPSA) is 34.1 Å². The largest absolute Gasteiger partial charge is 0.295 e. The average molecular weight is 164 g/mol. The third kappa shape index (κ3) is 2.16. The summed E-state index contributed by atoms with van der Waals surface area (Å²) in [4.78, 5) is 22.1. The summed E-state index contributed by atoms with van der Waals surface area (Å²) in [6.07, 6.45) is 6.75. The fourth-order valence-corrected chi connectivity index (χ4v) is 1.30. The number of ketones is 2. The molecular weight excluding hydrogens is 152 g/mol. The van der Waals surface area contributed by atoms with Crippen LogP contribution in [0.3, 0.4) is 0 Å². The van der Waals surface area contributed by atoms with Crippen molar-refractivity contribution in [3.05, 3.63) is 24.8 Å². The molecule has 0 aromatic carbocycles. The second-order valence-corrected chi connectivity index (χ2v) is 2.95. The lowest BCUT2D eigenvalue weighted by atomic mass is 9.89. The summed E-state index contributed by atoms with van der Waals surface area (Å²) < 4.78 is 0. The van der Waals surface area contributed by atoms with Gasteiger partial charge in [0.25, 0.3) is 0 Å². The van der Waals surface area contributed by atoms with E-state index in [2.05, 4.69) is 6.58 Å². The van der Waals surface area contributed by atoms with Gasteiger partial charge in [-0.2, -0.15) is 0 Å². The Morgan fingerprint density at radius 1 is 1.75 bits per heavy atom.